The van der Waals surface area contributed by atoms with Gasteiger partial charge in [-0.3, -0.25) is 0 Å². The van der Waals surface area contributed by atoms with Crippen LogP contribution in [0.15, 0.2) is 35.7 Å². The van der Waals surface area contributed by atoms with Gasteiger partial charge >= 0.3 is 0 Å². The van der Waals surface area contributed by atoms with Crippen LogP contribution in [0.3, 0.4) is 0 Å². The summed E-state index contributed by atoms with van der Waals surface area (Å²) >= 11 is 0. The standard InChI is InChI=1S/C14H20N2O2S/c1-3-9-16(12-6-7-12)19(17,18)13-8-5-11(4-2)14(15)10-13/h3,5,8,10,12H,1,4,6-7,9,15H2,2H3. The maximum atomic E-state index is 12.6. The van der Waals surface area contributed by atoms with Gasteiger partial charge in [0.2, 0.25) is 10.0 Å². The second kappa shape index (κ2) is 5.35. The topological polar surface area (TPSA) is 63.4 Å². The molecule has 0 radical (unpaired) electrons. The van der Waals surface area contributed by atoms with Crippen LogP contribution in [0.4, 0.5) is 5.69 Å². The van der Waals surface area contributed by atoms with Crippen LogP contribution in [0.1, 0.15) is 25.3 Å². The van der Waals surface area contributed by atoms with Gasteiger partial charge in [0.05, 0.1) is 4.90 Å². The Morgan fingerprint density at radius 1 is 1.47 bits per heavy atom. The van der Waals surface area contributed by atoms with Crippen LogP contribution in [0.25, 0.3) is 0 Å². The number of hydrogen-bond donors (Lipinski definition) is 1. The quantitative estimate of drug-likeness (QED) is 0.641. The Hall–Kier alpha value is -1.33. The van der Waals surface area contributed by atoms with Crippen LogP contribution in [0.5, 0.6) is 0 Å². The fourth-order valence-corrected chi connectivity index (χ4v) is 3.82. The number of sulfonamides is 1. The lowest BCUT2D eigenvalue weighted by atomic mass is 10.1. The molecule has 1 aliphatic rings. The summed E-state index contributed by atoms with van der Waals surface area (Å²) in [6.07, 6.45) is 4.27. The summed E-state index contributed by atoms with van der Waals surface area (Å²) < 4.78 is 26.7. The van der Waals surface area contributed by atoms with Crippen molar-refractivity contribution in [2.45, 2.75) is 37.1 Å². The maximum absolute atomic E-state index is 12.6. The van der Waals surface area contributed by atoms with Gasteiger partial charge in [-0.1, -0.05) is 19.1 Å². The molecule has 1 aromatic carbocycles. The molecule has 104 valence electrons. The Kier molecular flexibility index (Phi) is 3.96. The van der Waals surface area contributed by atoms with Gasteiger partial charge in [0.1, 0.15) is 0 Å². The molecule has 1 aromatic rings. The predicted molar refractivity (Wildman–Crippen MR) is 77.3 cm³/mol. The van der Waals surface area contributed by atoms with Gasteiger partial charge in [0, 0.05) is 18.3 Å². The van der Waals surface area contributed by atoms with E-state index in [1.54, 1.807) is 24.3 Å². The fourth-order valence-electron chi connectivity index (χ4n) is 2.12. The van der Waals surface area contributed by atoms with Crippen molar-refractivity contribution in [1.82, 2.24) is 4.31 Å². The van der Waals surface area contributed by atoms with Crippen molar-refractivity contribution in [2.75, 3.05) is 12.3 Å². The molecule has 5 heteroatoms. The molecule has 0 aromatic heterocycles. The SMILES string of the molecule is C=CCN(C1CC1)S(=O)(=O)c1ccc(CC)c(N)c1. The minimum absolute atomic E-state index is 0.120. The molecule has 0 heterocycles. The van der Waals surface area contributed by atoms with E-state index in [9.17, 15) is 8.42 Å². The first-order chi connectivity index (χ1) is 9.00. The molecule has 1 fully saturated rings. The number of anilines is 1. The van der Waals surface area contributed by atoms with Gasteiger partial charge in [0.15, 0.2) is 0 Å². The van der Waals surface area contributed by atoms with E-state index in [0.29, 0.717) is 12.2 Å². The van der Waals surface area contributed by atoms with E-state index in [2.05, 4.69) is 6.58 Å². The number of aryl methyl sites for hydroxylation is 1. The third-order valence-electron chi connectivity index (χ3n) is 3.37. The number of rotatable bonds is 6. The molecular formula is C14H20N2O2S. The Balaban J connectivity index is 2.37. The highest BCUT2D eigenvalue weighted by Crippen LogP contribution is 2.32. The molecule has 1 saturated carbocycles. The number of benzene rings is 1. The van der Waals surface area contributed by atoms with Crippen molar-refractivity contribution in [3.05, 3.63) is 36.4 Å². The molecule has 0 atom stereocenters. The van der Waals surface area contributed by atoms with Crippen LogP contribution < -0.4 is 5.73 Å². The molecule has 0 bridgehead atoms. The Morgan fingerprint density at radius 3 is 2.63 bits per heavy atom. The van der Waals surface area contributed by atoms with Gasteiger partial charge < -0.3 is 5.73 Å². The van der Waals surface area contributed by atoms with Crippen molar-refractivity contribution in [1.29, 1.82) is 0 Å². The number of nitrogens with zero attached hydrogens (tertiary/aromatic N) is 1. The summed E-state index contributed by atoms with van der Waals surface area (Å²) in [6, 6.07) is 5.12. The lowest BCUT2D eigenvalue weighted by Crippen LogP contribution is -2.33. The minimum Gasteiger partial charge on any atom is -0.398 e. The molecule has 0 amide bonds. The first kappa shape index (κ1) is 14.1. The first-order valence-corrected chi connectivity index (χ1v) is 7.95. The zero-order valence-corrected chi connectivity index (χ0v) is 12.0. The van der Waals surface area contributed by atoms with Gasteiger partial charge in [-0.05, 0) is 37.0 Å². The molecule has 0 spiro atoms. The summed E-state index contributed by atoms with van der Waals surface area (Å²) in [5.74, 6) is 0. The Labute approximate surface area is 115 Å². The molecule has 2 N–H and O–H groups in total. The van der Waals surface area contributed by atoms with E-state index in [4.69, 9.17) is 5.73 Å². The average molecular weight is 280 g/mol. The molecule has 1 aliphatic carbocycles. The maximum Gasteiger partial charge on any atom is 0.243 e. The monoisotopic (exact) mass is 280 g/mol. The zero-order valence-electron chi connectivity index (χ0n) is 11.2. The second-order valence-corrected chi connectivity index (χ2v) is 6.70. The molecular weight excluding hydrogens is 260 g/mol. The second-order valence-electron chi connectivity index (χ2n) is 4.81. The Morgan fingerprint density at radius 2 is 2.16 bits per heavy atom. The average Bonchev–Trinajstić information content (AvgIpc) is 3.19. The summed E-state index contributed by atoms with van der Waals surface area (Å²) in [4.78, 5) is 0.274. The summed E-state index contributed by atoms with van der Waals surface area (Å²) in [5, 5.41) is 0. The minimum atomic E-state index is -3.47. The van der Waals surface area contributed by atoms with E-state index >= 15 is 0 Å². The van der Waals surface area contributed by atoms with Crippen LogP contribution in [0.2, 0.25) is 0 Å². The number of nitrogens with two attached hydrogens (primary N) is 1. The number of hydrogen-bond acceptors (Lipinski definition) is 3. The largest absolute Gasteiger partial charge is 0.398 e. The Bertz CT molecular complexity index is 577. The first-order valence-electron chi connectivity index (χ1n) is 6.51. The van der Waals surface area contributed by atoms with E-state index in [1.165, 1.54) is 4.31 Å². The molecule has 0 saturated heterocycles. The summed E-state index contributed by atoms with van der Waals surface area (Å²) in [5.41, 5.74) is 7.40. The van der Waals surface area contributed by atoms with Crippen molar-refractivity contribution in [2.24, 2.45) is 0 Å². The van der Waals surface area contributed by atoms with Crippen LogP contribution in [-0.4, -0.2) is 25.3 Å². The molecule has 0 aliphatic heterocycles. The molecule has 4 nitrogen and oxygen atoms in total. The lowest BCUT2D eigenvalue weighted by molar-refractivity contribution is 0.436. The van der Waals surface area contributed by atoms with Crippen LogP contribution >= 0.6 is 0 Å². The lowest BCUT2D eigenvalue weighted by Gasteiger charge is -2.20. The summed E-state index contributed by atoms with van der Waals surface area (Å²) in [7, 11) is -3.47. The smallest absolute Gasteiger partial charge is 0.243 e. The summed E-state index contributed by atoms with van der Waals surface area (Å²) in [6.45, 7) is 5.98. The van der Waals surface area contributed by atoms with Crippen molar-refractivity contribution < 1.29 is 8.42 Å². The number of nitrogen functional groups attached to an aromatic ring is 1. The van der Waals surface area contributed by atoms with E-state index in [-0.39, 0.29) is 10.9 Å². The molecule has 0 unspecified atom stereocenters. The van der Waals surface area contributed by atoms with E-state index in [1.807, 2.05) is 6.92 Å². The van der Waals surface area contributed by atoms with Crippen molar-refractivity contribution in [3.63, 3.8) is 0 Å². The highest BCUT2D eigenvalue weighted by molar-refractivity contribution is 7.89. The normalized spacial score (nSPS) is 15.7. The highest BCUT2D eigenvalue weighted by atomic mass is 32.2. The van der Waals surface area contributed by atoms with Crippen LogP contribution in [-0.2, 0) is 16.4 Å². The third kappa shape index (κ3) is 2.82. The van der Waals surface area contributed by atoms with Gasteiger partial charge in [0.25, 0.3) is 0 Å². The van der Waals surface area contributed by atoms with Gasteiger partial charge in [-0.15, -0.1) is 6.58 Å². The molecule has 2 rings (SSSR count). The zero-order chi connectivity index (χ0) is 14.0. The van der Waals surface area contributed by atoms with E-state index < -0.39 is 10.0 Å². The van der Waals surface area contributed by atoms with Crippen molar-refractivity contribution in [3.8, 4) is 0 Å². The highest BCUT2D eigenvalue weighted by Gasteiger charge is 2.37. The predicted octanol–water partition coefficient (Wildman–Crippen LogP) is 2.17. The van der Waals surface area contributed by atoms with E-state index in [0.717, 1.165) is 24.8 Å². The third-order valence-corrected chi connectivity index (χ3v) is 5.28. The van der Waals surface area contributed by atoms with Gasteiger partial charge in [-0.2, -0.15) is 4.31 Å². The molecule has 19 heavy (non-hydrogen) atoms. The van der Waals surface area contributed by atoms with Crippen molar-refractivity contribution >= 4 is 15.7 Å². The van der Waals surface area contributed by atoms with Crippen LogP contribution in [0, 0.1) is 0 Å². The fraction of sp³-hybridized carbons (Fsp3) is 0.429. The van der Waals surface area contributed by atoms with Gasteiger partial charge in [-0.25, -0.2) is 8.42 Å².